The highest BCUT2D eigenvalue weighted by Gasteiger charge is 2.29. The van der Waals surface area contributed by atoms with Crippen LogP contribution in [-0.2, 0) is 4.79 Å². The van der Waals surface area contributed by atoms with E-state index in [9.17, 15) is 4.79 Å². The smallest absolute Gasteiger partial charge is 0.323 e. The number of aliphatic carboxylic acids is 1. The molecule has 16 heavy (non-hydrogen) atoms. The van der Waals surface area contributed by atoms with Crippen LogP contribution in [0, 0.1) is 0 Å². The first-order valence-corrected chi connectivity index (χ1v) is 6.17. The molecule has 0 amide bonds. The molecule has 5 nitrogen and oxygen atoms in total. The van der Waals surface area contributed by atoms with E-state index in [1.54, 1.807) is 4.90 Å². The molecule has 0 atom stereocenters. The van der Waals surface area contributed by atoms with Gasteiger partial charge in [0.1, 0.15) is 12.4 Å². The number of hydrogen-bond acceptors (Lipinski definition) is 5. The highest BCUT2D eigenvalue weighted by molar-refractivity contribution is 7.09. The molecule has 0 bridgehead atoms. The van der Waals surface area contributed by atoms with Crippen LogP contribution in [0.5, 0.6) is 0 Å². The summed E-state index contributed by atoms with van der Waals surface area (Å²) in [4.78, 5) is 16.9. The molecule has 1 N–H and O–H groups in total. The van der Waals surface area contributed by atoms with E-state index in [1.165, 1.54) is 11.5 Å². The van der Waals surface area contributed by atoms with Gasteiger partial charge in [-0.15, -0.1) is 0 Å². The number of anilines is 1. The minimum absolute atomic E-state index is 0.0169. The quantitative estimate of drug-likeness (QED) is 0.850. The molecule has 1 heterocycles. The molecule has 0 aliphatic heterocycles. The van der Waals surface area contributed by atoms with Gasteiger partial charge in [0.05, 0.1) is 0 Å². The van der Waals surface area contributed by atoms with Crippen LogP contribution in [0.4, 0.5) is 5.13 Å². The number of aromatic nitrogens is 2. The maximum absolute atomic E-state index is 10.8. The molecule has 1 aliphatic carbocycles. The van der Waals surface area contributed by atoms with Gasteiger partial charge in [-0.2, -0.15) is 4.37 Å². The number of carboxylic acid groups (broad SMARTS) is 1. The van der Waals surface area contributed by atoms with Gasteiger partial charge in [0.25, 0.3) is 0 Å². The van der Waals surface area contributed by atoms with Crippen LogP contribution in [0.25, 0.3) is 0 Å². The van der Waals surface area contributed by atoms with Crippen molar-refractivity contribution in [2.45, 2.75) is 38.6 Å². The zero-order valence-electron chi connectivity index (χ0n) is 9.38. The molecule has 1 aromatic heterocycles. The molecular formula is C10H15N3O2S. The zero-order valence-corrected chi connectivity index (χ0v) is 10.2. The standard InChI is InChI=1S/C10H15N3O2S/c1-6(2)13(5-8(14)15)10-11-9(12-16-10)7-3-4-7/h6-7H,3-5H2,1-2H3,(H,14,15). The Bertz CT molecular complexity index is 387. The Balaban J connectivity index is 2.13. The first kappa shape index (κ1) is 11.3. The van der Waals surface area contributed by atoms with Gasteiger partial charge in [-0.05, 0) is 26.7 Å². The van der Waals surface area contributed by atoms with Crippen molar-refractivity contribution in [1.82, 2.24) is 9.36 Å². The minimum atomic E-state index is -0.836. The van der Waals surface area contributed by atoms with E-state index < -0.39 is 5.97 Å². The van der Waals surface area contributed by atoms with Crippen LogP contribution in [0.15, 0.2) is 0 Å². The molecule has 1 aromatic rings. The van der Waals surface area contributed by atoms with Crippen LogP contribution >= 0.6 is 11.5 Å². The highest BCUT2D eigenvalue weighted by Crippen LogP contribution is 2.39. The van der Waals surface area contributed by atoms with E-state index in [-0.39, 0.29) is 12.6 Å². The lowest BCUT2D eigenvalue weighted by Gasteiger charge is -2.23. The van der Waals surface area contributed by atoms with Gasteiger partial charge in [0.2, 0.25) is 5.13 Å². The number of carboxylic acids is 1. The van der Waals surface area contributed by atoms with Crippen LogP contribution in [0.3, 0.4) is 0 Å². The molecular weight excluding hydrogens is 226 g/mol. The van der Waals surface area contributed by atoms with Crippen molar-refractivity contribution < 1.29 is 9.90 Å². The van der Waals surface area contributed by atoms with E-state index in [0.717, 1.165) is 23.8 Å². The number of hydrogen-bond donors (Lipinski definition) is 1. The molecule has 6 heteroatoms. The third-order valence-electron chi connectivity index (χ3n) is 2.55. The first-order valence-electron chi connectivity index (χ1n) is 5.40. The summed E-state index contributed by atoms with van der Waals surface area (Å²) < 4.78 is 4.28. The van der Waals surface area contributed by atoms with Crippen molar-refractivity contribution in [2.24, 2.45) is 0 Å². The number of nitrogens with zero attached hydrogens (tertiary/aromatic N) is 3. The van der Waals surface area contributed by atoms with Crippen molar-refractivity contribution >= 4 is 22.6 Å². The lowest BCUT2D eigenvalue weighted by molar-refractivity contribution is -0.135. The fraction of sp³-hybridized carbons (Fsp3) is 0.700. The second kappa shape index (κ2) is 4.37. The number of carbonyl (C=O) groups is 1. The van der Waals surface area contributed by atoms with Crippen LogP contribution < -0.4 is 4.90 Å². The maximum atomic E-state index is 10.8. The Labute approximate surface area is 98.3 Å². The van der Waals surface area contributed by atoms with Gasteiger partial charge in [0.15, 0.2) is 0 Å². The minimum Gasteiger partial charge on any atom is -0.480 e. The molecule has 0 saturated heterocycles. The molecule has 0 radical (unpaired) electrons. The summed E-state index contributed by atoms with van der Waals surface area (Å²) in [6.45, 7) is 3.90. The normalized spacial score (nSPS) is 15.4. The molecule has 0 spiro atoms. The van der Waals surface area contributed by atoms with Gasteiger partial charge < -0.3 is 10.0 Å². The number of rotatable bonds is 5. The first-order chi connectivity index (χ1) is 7.58. The van der Waals surface area contributed by atoms with Gasteiger partial charge in [-0.25, -0.2) is 4.98 Å². The van der Waals surface area contributed by atoms with Crippen molar-refractivity contribution in [3.8, 4) is 0 Å². The maximum Gasteiger partial charge on any atom is 0.323 e. The SMILES string of the molecule is CC(C)N(CC(=O)O)c1nc(C2CC2)ns1. The van der Waals surface area contributed by atoms with Gasteiger partial charge in [0, 0.05) is 23.5 Å². The van der Waals surface area contributed by atoms with E-state index in [0.29, 0.717) is 5.92 Å². The summed E-state index contributed by atoms with van der Waals surface area (Å²) in [5.74, 6) is 0.566. The van der Waals surface area contributed by atoms with E-state index >= 15 is 0 Å². The monoisotopic (exact) mass is 241 g/mol. The van der Waals surface area contributed by atoms with Crippen molar-refractivity contribution in [2.75, 3.05) is 11.4 Å². The predicted molar refractivity (Wildman–Crippen MR) is 62.0 cm³/mol. The molecule has 0 unspecified atom stereocenters. The van der Waals surface area contributed by atoms with Gasteiger partial charge in [-0.3, -0.25) is 4.79 Å². The van der Waals surface area contributed by atoms with E-state index in [1.807, 2.05) is 13.8 Å². The summed E-state index contributed by atoms with van der Waals surface area (Å²) in [5, 5.41) is 9.56. The molecule has 88 valence electrons. The van der Waals surface area contributed by atoms with Crippen LogP contribution in [0.2, 0.25) is 0 Å². The Morgan fingerprint density at radius 3 is 2.81 bits per heavy atom. The van der Waals surface area contributed by atoms with Gasteiger partial charge in [-0.1, -0.05) is 0 Å². The topological polar surface area (TPSA) is 66.3 Å². The molecule has 1 saturated carbocycles. The molecule has 0 aromatic carbocycles. The summed E-state index contributed by atoms with van der Waals surface area (Å²) in [6, 6.07) is 0.121. The third-order valence-corrected chi connectivity index (χ3v) is 3.32. The summed E-state index contributed by atoms with van der Waals surface area (Å²) in [5.41, 5.74) is 0. The van der Waals surface area contributed by atoms with Crippen molar-refractivity contribution in [3.05, 3.63) is 5.82 Å². The molecule has 1 fully saturated rings. The second-order valence-corrected chi connectivity index (χ2v) is 5.06. The van der Waals surface area contributed by atoms with Crippen LogP contribution in [-0.4, -0.2) is 33.0 Å². The zero-order chi connectivity index (χ0) is 11.7. The van der Waals surface area contributed by atoms with Crippen molar-refractivity contribution in [3.63, 3.8) is 0 Å². The van der Waals surface area contributed by atoms with Crippen molar-refractivity contribution in [1.29, 1.82) is 0 Å². The summed E-state index contributed by atoms with van der Waals surface area (Å²) in [6.07, 6.45) is 2.33. The Morgan fingerprint density at radius 1 is 1.62 bits per heavy atom. The van der Waals surface area contributed by atoms with E-state index in [4.69, 9.17) is 5.11 Å². The highest BCUT2D eigenvalue weighted by atomic mass is 32.1. The Morgan fingerprint density at radius 2 is 2.31 bits per heavy atom. The lowest BCUT2D eigenvalue weighted by Crippen LogP contribution is -2.35. The molecule has 2 rings (SSSR count). The molecule has 1 aliphatic rings. The largest absolute Gasteiger partial charge is 0.480 e. The average molecular weight is 241 g/mol. The fourth-order valence-electron chi connectivity index (χ4n) is 1.47. The fourth-order valence-corrected chi connectivity index (χ4v) is 2.35. The Kier molecular flexibility index (Phi) is 3.09. The third kappa shape index (κ3) is 2.49. The lowest BCUT2D eigenvalue weighted by atomic mass is 10.3. The van der Waals surface area contributed by atoms with Crippen LogP contribution in [0.1, 0.15) is 38.4 Å². The van der Waals surface area contributed by atoms with Gasteiger partial charge >= 0.3 is 5.97 Å². The second-order valence-electron chi connectivity index (χ2n) is 4.32. The van der Waals surface area contributed by atoms with E-state index in [2.05, 4.69) is 9.36 Å². The average Bonchev–Trinajstić information content (AvgIpc) is 2.93. The summed E-state index contributed by atoms with van der Waals surface area (Å²) >= 11 is 1.30. The predicted octanol–water partition coefficient (Wildman–Crippen LogP) is 1.71. The summed E-state index contributed by atoms with van der Waals surface area (Å²) in [7, 11) is 0. The Hall–Kier alpha value is -1.17.